The summed E-state index contributed by atoms with van der Waals surface area (Å²) in [4.78, 5) is 44.1. The van der Waals surface area contributed by atoms with Gasteiger partial charge >= 0.3 is 5.97 Å². The van der Waals surface area contributed by atoms with E-state index in [-0.39, 0.29) is 18.8 Å². The summed E-state index contributed by atoms with van der Waals surface area (Å²) in [6.45, 7) is 3.19. The maximum absolute atomic E-state index is 12.6. The Morgan fingerprint density at radius 1 is 1.16 bits per heavy atom. The van der Waals surface area contributed by atoms with Crippen molar-refractivity contribution in [1.82, 2.24) is 0 Å². The van der Waals surface area contributed by atoms with E-state index in [4.69, 9.17) is 16.3 Å². The van der Waals surface area contributed by atoms with Crippen LogP contribution in [-0.4, -0.2) is 33.3 Å². The summed E-state index contributed by atoms with van der Waals surface area (Å²) < 4.78 is 5.12. The molecular formula is C14H13ClN2O8. The van der Waals surface area contributed by atoms with Gasteiger partial charge in [-0.25, -0.2) is 4.79 Å². The molecule has 1 aromatic carbocycles. The number of carbonyl (C=O) groups excluding carboxylic acids is 1. The lowest BCUT2D eigenvalue weighted by Crippen LogP contribution is -2.18. The number of nitro benzene ring substituents is 2. The van der Waals surface area contributed by atoms with Crippen molar-refractivity contribution < 1.29 is 29.3 Å². The zero-order chi connectivity index (χ0) is 19.3. The monoisotopic (exact) mass is 372 g/mol. The summed E-state index contributed by atoms with van der Waals surface area (Å²) in [5, 5.41) is 30.8. The maximum atomic E-state index is 12.6. The predicted octanol–water partition coefficient (Wildman–Crippen LogP) is 3.12. The van der Waals surface area contributed by atoms with Crippen LogP contribution >= 0.6 is 11.6 Å². The zero-order valence-electron chi connectivity index (χ0n) is 13.1. The van der Waals surface area contributed by atoms with Crippen LogP contribution in [0.5, 0.6) is 0 Å². The molecule has 0 aliphatic rings. The molecule has 0 fully saturated rings. The number of hydrogen-bond donors (Lipinski definition) is 1. The zero-order valence-corrected chi connectivity index (χ0v) is 13.9. The summed E-state index contributed by atoms with van der Waals surface area (Å²) in [5.41, 5.74) is -3.17. The number of ketones is 1. The number of carboxylic acid groups (broad SMARTS) is 1. The molecule has 134 valence electrons. The summed E-state index contributed by atoms with van der Waals surface area (Å²) in [6, 6.07) is 1.23. The summed E-state index contributed by atoms with van der Waals surface area (Å²) in [6.07, 6.45) is 0.0513. The van der Waals surface area contributed by atoms with Crippen molar-refractivity contribution in [2.75, 3.05) is 6.61 Å². The lowest BCUT2D eigenvalue weighted by molar-refractivity contribution is -0.394. The summed E-state index contributed by atoms with van der Waals surface area (Å²) in [7, 11) is 0. The minimum absolute atomic E-state index is 0.0513. The lowest BCUT2D eigenvalue weighted by atomic mass is 9.99. The number of rotatable bonds is 8. The van der Waals surface area contributed by atoms with Gasteiger partial charge in [0.2, 0.25) is 5.78 Å². The van der Waals surface area contributed by atoms with E-state index in [1.807, 2.05) is 0 Å². The molecule has 0 aliphatic heterocycles. The number of nitro groups is 2. The number of halogens is 1. The van der Waals surface area contributed by atoms with Crippen molar-refractivity contribution in [3.63, 3.8) is 0 Å². The van der Waals surface area contributed by atoms with Crippen LogP contribution in [0.15, 0.2) is 23.5 Å². The van der Waals surface area contributed by atoms with E-state index in [2.05, 4.69) is 0 Å². The highest BCUT2D eigenvalue weighted by Gasteiger charge is 2.33. The standard InChI is InChI=1S/C14H13ClN2O8/c1-3-11(25-4-2)12(14(19)20)13(18)7-5-8(15)10(17(23)24)6-9(7)16(21)22/h5-6H,3-4H2,1-2H3,(H,19,20). The van der Waals surface area contributed by atoms with Crippen LogP contribution in [0.25, 0.3) is 0 Å². The average Bonchev–Trinajstić information content (AvgIpc) is 2.52. The maximum Gasteiger partial charge on any atom is 0.343 e. The first-order valence-electron chi connectivity index (χ1n) is 6.91. The number of ether oxygens (including phenoxy) is 1. The molecule has 0 amide bonds. The Morgan fingerprint density at radius 2 is 1.72 bits per heavy atom. The minimum Gasteiger partial charge on any atom is -0.497 e. The predicted molar refractivity (Wildman–Crippen MR) is 85.7 cm³/mol. The van der Waals surface area contributed by atoms with Crippen LogP contribution in [0.4, 0.5) is 11.4 Å². The number of Topliss-reactive ketones (excluding diaryl/α,β-unsaturated/α-hetero) is 1. The van der Waals surface area contributed by atoms with Crippen LogP contribution in [0.3, 0.4) is 0 Å². The van der Waals surface area contributed by atoms with Crippen LogP contribution < -0.4 is 0 Å². The lowest BCUT2D eigenvalue weighted by Gasteiger charge is -2.11. The first kappa shape index (κ1) is 20.0. The van der Waals surface area contributed by atoms with Crippen molar-refractivity contribution in [3.8, 4) is 0 Å². The van der Waals surface area contributed by atoms with Gasteiger partial charge in [-0.3, -0.25) is 25.0 Å². The van der Waals surface area contributed by atoms with Crippen LogP contribution in [0.2, 0.25) is 5.02 Å². The molecule has 0 radical (unpaired) electrons. The number of carboxylic acids is 1. The van der Waals surface area contributed by atoms with Crippen LogP contribution in [-0.2, 0) is 9.53 Å². The molecule has 0 spiro atoms. The van der Waals surface area contributed by atoms with E-state index in [9.17, 15) is 34.9 Å². The molecule has 0 heterocycles. The Hall–Kier alpha value is -3.01. The first-order valence-corrected chi connectivity index (χ1v) is 7.29. The third kappa shape index (κ3) is 4.29. The highest BCUT2D eigenvalue weighted by atomic mass is 35.5. The Balaban J connectivity index is 3.70. The highest BCUT2D eigenvalue weighted by Crippen LogP contribution is 2.34. The fraction of sp³-hybridized carbons (Fsp3) is 0.286. The van der Waals surface area contributed by atoms with Gasteiger partial charge in [0.25, 0.3) is 11.4 Å². The Morgan fingerprint density at radius 3 is 2.12 bits per heavy atom. The van der Waals surface area contributed by atoms with E-state index in [1.165, 1.54) is 0 Å². The second-order valence-corrected chi connectivity index (χ2v) is 4.96. The molecule has 10 nitrogen and oxygen atoms in total. The largest absolute Gasteiger partial charge is 0.497 e. The topological polar surface area (TPSA) is 150 Å². The van der Waals surface area contributed by atoms with E-state index in [0.717, 1.165) is 0 Å². The van der Waals surface area contributed by atoms with E-state index in [1.54, 1.807) is 13.8 Å². The molecule has 11 heteroatoms. The van der Waals surface area contributed by atoms with Crippen molar-refractivity contribution in [2.45, 2.75) is 20.3 Å². The minimum atomic E-state index is -1.64. The number of benzene rings is 1. The molecule has 0 aromatic heterocycles. The van der Waals surface area contributed by atoms with E-state index < -0.39 is 49.1 Å². The fourth-order valence-electron chi connectivity index (χ4n) is 2.03. The Bertz CT molecular complexity index is 787. The molecule has 1 N–H and O–H groups in total. The van der Waals surface area contributed by atoms with Gasteiger partial charge < -0.3 is 9.84 Å². The average molecular weight is 373 g/mol. The normalized spacial score (nSPS) is 11.5. The van der Waals surface area contributed by atoms with E-state index >= 15 is 0 Å². The van der Waals surface area contributed by atoms with Gasteiger partial charge in [-0.15, -0.1) is 0 Å². The van der Waals surface area contributed by atoms with Gasteiger partial charge in [0, 0.05) is 6.42 Å². The van der Waals surface area contributed by atoms with Crippen molar-refractivity contribution in [2.24, 2.45) is 0 Å². The van der Waals surface area contributed by atoms with E-state index in [0.29, 0.717) is 12.1 Å². The van der Waals surface area contributed by atoms with Crippen molar-refractivity contribution >= 4 is 34.7 Å². The van der Waals surface area contributed by atoms with Gasteiger partial charge in [0.05, 0.1) is 22.5 Å². The third-order valence-electron chi connectivity index (χ3n) is 3.06. The molecule has 1 rings (SSSR count). The van der Waals surface area contributed by atoms with Crippen LogP contribution in [0, 0.1) is 20.2 Å². The molecule has 0 atom stereocenters. The summed E-state index contributed by atoms with van der Waals surface area (Å²) in [5.74, 6) is -3.02. The number of nitrogens with zero attached hydrogens (tertiary/aromatic N) is 2. The molecule has 0 saturated carbocycles. The second-order valence-electron chi connectivity index (χ2n) is 4.55. The molecule has 25 heavy (non-hydrogen) atoms. The Kier molecular flexibility index (Phi) is 6.57. The van der Waals surface area contributed by atoms with Crippen molar-refractivity contribution in [1.29, 1.82) is 0 Å². The van der Waals surface area contributed by atoms with Gasteiger partial charge in [0.15, 0.2) is 0 Å². The smallest absolute Gasteiger partial charge is 0.343 e. The first-order chi connectivity index (χ1) is 11.6. The third-order valence-corrected chi connectivity index (χ3v) is 3.37. The molecule has 0 unspecified atom stereocenters. The molecule has 0 saturated heterocycles. The van der Waals surface area contributed by atoms with Crippen molar-refractivity contribution in [3.05, 3.63) is 54.3 Å². The molecule has 0 aliphatic carbocycles. The molecular weight excluding hydrogens is 360 g/mol. The number of allylic oxidation sites excluding steroid dienone is 1. The second kappa shape index (κ2) is 8.20. The van der Waals surface area contributed by atoms with Gasteiger partial charge in [-0.2, -0.15) is 0 Å². The number of aliphatic carboxylic acids is 1. The number of hydrogen-bond acceptors (Lipinski definition) is 7. The fourth-order valence-corrected chi connectivity index (χ4v) is 2.26. The molecule has 1 aromatic rings. The van der Waals surface area contributed by atoms with Crippen LogP contribution in [0.1, 0.15) is 30.6 Å². The highest BCUT2D eigenvalue weighted by molar-refractivity contribution is 6.34. The van der Waals surface area contributed by atoms with Gasteiger partial charge in [-0.05, 0) is 13.0 Å². The molecule has 0 bridgehead atoms. The SMILES string of the molecule is CCOC(CC)=C(C(=O)O)C(=O)c1cc(Cl)c([N+](=O)[O-])cc1[N+](=O)[O-]. The summed E-state index contributed by atoms with van der Waals surface area (Å²) >= 11 is 5.69. The Labute approximate surface area is 146 Å². The van der Waals surface area contributed by atoms with Gasteiger partial charge in [0.1, 0.15) is 21.9 Å². The van der Waals surface area contributed by atoms with Gasteiger partial charge in [-0.1, -0.05) is 18.5 Å². The number of carbonyl (C=O) groups is 2. The quantitative estimate of drug-likeness (QED) is 0.139.